The number of guanidine groups is 1. The van der Waals surface area contributed by atoms with Crippen molar-refractivity contribution in [2.24, 2.45) is 4.99 Å². The number of hydrogen-bond donors (Lipinski definition) is 3. The van der Waals surface area contributed by atoms with E-state index in [0.717, 1.165) is 35.5 Å². The molecule has 0 radical (unpaired) electrons. The molecule has 1 atom stereocenters. The van der Waals surface area contributed by atoms with Crippen LogP contribution in [-0.2, 0) is 6.54 Å². The van der Waals surface area contributed by atoms with Crippen molar-refractivity contribution < 1.29 is 4.79 Å². The zero-order valence-corrected chi connectivity index (χ0v) is 17.8. The van der Waals surface area contributed by atoms with E-state index in [4.69, 9.17) is 0 Å². The van der Waals surface area contributed by atoms with Gasteiger partial charge in [0.05, 0.1) is 5.69 Å². The molecule has 1 unspecified atom stereocenters. The van der Waals surface area contributed by atoms with E-state index in [2.05, 4.69) is 60.0 Å². The lowest BCUT2D eigenvalue weighted by molar-refractivity contribution is 0.0963. The lowest BCUT2D eigenvalue weighted by Crippen LogP contribution is -2.44. The smallest absolute Gasteiger partial charge is 0.251 e. The molecule has 1 amide bonds. The molecule has 0 bridgehead atoms. The number of amides is 1. The molecule has 6 nitrogen and oxygen atoms in total. The van der Waals surface area contributed by atoms with E-state index in [1.165, 1.54) is 5.69 Å². The number of anilines is 1. The lowest BCUT2D eigenvalue weighted by Gasteiger charge is -2.21. The van der Waals surface area contributed by atoms with E-state index in [1.807, 2.05) is 30.3 Å². The summed E-state index contributed by atoms with van der Waals surface area (Å²) in [4.78, 5) is 18.3. The Morgan fingerprint density at radius 1 is 1.21 bits per heavy atom. The third-order valence-corrected chi connectivity index (χ3v) is 5.52. The summed E-state index contributed by atoms with van der Waals surface area (Å²) >= 11 is 3.64. The highest BCUT2D eigenvalue weighted by Gasteiger charge is 2.24. The standard InChI is InChI=1S/C21H26BrN5O/c1-23-20(28)16-9-7-15(8-10-16)13-25-21(24-2)26-17-11-12-27(14-17)19-6-4-3-5-18(19)22/h3-10,17H,11-14H2,1-2H3,(H,23,28)(H2,24,25,26). The Morgan fingerprint density at radius 3 is 2.64 bits per heavy atom. The zero-order valence-electron chi connectivity index (χ0n) is 16.2. The van der Waals surface area contributed by atoms with Crippen molar-refractivity contribution in [3.05, 3.63) is 64.1 Å². The van der Waals surface area contributed by atoms with Crippen molar-refractivity contribution in [2.45, 2.75) is 19.0 Å². The summed E-state index contributed by atoms with van der Waals surface area (Å²) in [6, 6.07) is 16.2. The number of rotatable bonds is 5. The quantitative estimate of drug-likeness (QED) is 0.490. The van der Waals surface area contributed by atoms with Gasteiger partial charge < -0.3 is 20.9 Å². The number of hydrogen-bond acceptors (Lipinski definition) is 3. The highest BCUT2D eigenvalue weighted by atomic mass is 79.9. The van der Waals surface area contributed by atoms with Crippen LogP contribution in [0.3, 0.4) is 0 Å². The van der Waals surface area contributed by atoms with Crippen molar-refractivity contribution in [2.75, 3.05) is 32.1 Å². The van der Waals surface area contributed by atoms with Crippen LogP contribution < -0.4 is 20.9 Å². The topological polar surface area (TPSA) is 68.8 Å². The summed E-state index contributed by atoms with van der Waals surface area (Å²) in [7, 11) is 3.42. The van der Waals surface area contributed by atoms with E-state index < -0.39 is 0 Å². The van der Waals surface area contributed by atoms with Crippen molar-refractivity contribution in [3.8, 4) is 0 Å². The van der Waals surface area contributed by atoms with Gasteiger partial charge in [0.2, 0.25) is 0 Å². The van der Waals surface area contributed by atoms with Crippen LogP contribution in [0.15, 0.2) is 58.0 Å². The zero-order chi connectivity index (χ0) is 19.9. The summed E-state index contributed by atoms with van der Waals surface area (Å²) in [6.45, 7) is 2.59. The molecule has 28 heavy (non-hydrogen) atoms. The SMILES string of the molecule is CN=C(NCc1ccc(C(=O)NC)cc1)NC1CCN(c2ccccc2Br)C1. The minimum absolute atomic E-state index is 0.0761. The van der Waals surface area contributed by atoms with Gasteiger partial charge in [0.1, 0.15) is 0 Å². The van der Waals surface area contributed by atoms with Crippen LogP contribution in [-0.4, -0.2) is 45.1 Å². The van der Waals surface area contributed by atoms with Crippen molar-refractivity contribution in [1.29, 1.82) is 0 Å². The molecule has 0 aromatic heterocycles. The molecule has 1 fully saturated rings. The first-order valence-corrected chi connectivity index (χ1v) is 10.2. The number of halogens is 1. The van der Waals surface area contributed by atoms with Gasteiger partial charge in [-0.3, -0.25) is 9.79 Å². The number of carbonyl (C=O) groups is 1. The van der Waals surface area contributed by atoms with Crippen molar-refractivity contribution >= 4 is 33.5 Å². The maximum atomic E-state index is 11.6. The highest BCUT2D eigenvalue weighted by Crippen LogP contribution is 2.28. The van der Waals surface area contributed by atoms with Gasteiger partial charge in [0.15, 0.2) is 5.96 Å². The molecular formula is C21H26BrN5O. The molecule has 1 aliphatic heterocycles. The third-order valence-electron chi connectivity index (χ3n) is 4.85. The fraction of sp³-hybridized carbons (Fsp3) is 0.333. The maximum absolute atomic E-state index is 11.6. The average molecular weight is 444 g/mol. The van der Waals surface area contributed by atoms with Crippen LogP contribution in [0, 0.1) is 0 Å². The monoisotopic (exact) mass is 443 g/mol. The number of aliphatic imine (C=N–C) groups is 1. The van der Waals surface area contributed by atoms with E-state index in [0.29, 0.717) is 18.2 Å². The molecule has 1 saturated heterocycles. The molecule has 1 aliphatic rings. The number of carbonyl (C=O) groups excluding carboxylic acids is 1. The molecule has 0 spiro atoms. The summed E-state index contributed by atoms with van der Waals surface area (Å²) in [5.41, 5.74) is 2.98. The molecule has 1 heterocycles. The Labute approximate surface area is 174 Å². The Kier molecular flexibility index (Phi) is 6.92. The van der Waals surface area contributed by atoms with Gasteiger partial charge in [-0.2, -0.15) is 0 Å². The van der Waals surface area contributed by atoms with E-state index >= 15 is 0 Å². The largest absolute Gasteiger partial charge is 0.368 e. The van der Waals surface area contributed by atoms with E-state index in [9.17, 15) is 4.79 Å². The van der Waals surface area contributed by atoms with Gasteiger partial charge in [-0.1, -0.05) is 24.3 Å². The predicted octanol–water partition coefficient (Wildman–Crippen LogP) is 2.75. The van der Waals surface area contributed by atoms with Gasteiger partial charge in [-0.25, -0.2) is 0 Å². The van der Waals surface area contributed by atoms with Crippen molar-refractivity contribution in [1.82, 2.24) is 16.0 Å². The second kappa shape index (κ2) is 9.59. The first kappa shape index (κ1) is 20.2. The summed E-state index contributed by atoms with van der Waals surface area (Å²) < 4.78 is 1.12. The fourth-order valence-corrected chi connectivity index (χ4v) is 3.83. The molecule has 3 rings (SSSR count). The predicted molar refractivity (Wildman–Crippen MR) is 118 cm³/mol. The molecule has 0 aliphatic carbocycles. The number of nitrogens with zero attached hydrogens (tertiary/aromatic N) is 2. The molecule has 3 N–H and O–H groups in total. The number of nitrogens with one attached hydrogen (secondary N) is 3. The Bertz CT molecular complexity index is 837. The molecule has 148 valence electrons. The highest BCUT2D eigenvalue weighted by molar-refractivity contribution is 9.10. The van der Waals surface area contributed by atoms with Crippen LogP contribution in [0.5, 0.6) is 0 Å². The summed E-state index contributed by atoms with van der Waals surface area (Å²) in [6.07, 6.45) is 1.06. The first-order valence-electron chi connectivity index (χ1n) is 9.38. The molecule has 2 aromatic rings. The first-order chi connectivity index (χ1) is 13.6. The second-order valence-electron chi connectivity index (χ2n) is 6.73. The van der Waals surface area contributed by atoms with Crippen LogP contribution in [0.4, 0.5) is 5.69 Å². The Morgan fingerprint density at radius 2 is 1.96 bits per heavy atom. The van der Waals surface area contributed by atoms with Crippen LogP contribution in [0.1, 0.15) is 22.3 Å². The van der Waals surface area contributed by atoms with Gasteiger partial charge in [0, 0.05) is 49.8 Å². The van der Waals surface area contributed by atoms with Gasteiger partial charge >= 0.3 is 0 Å². The fourth-order valence-electron chi connectivity index (χ4n) is 3.30. The minimum Gasteiger partial charge on any atom is -0.368 e. The third kappa shape index (κ3) is 5.04. The minimum atomic E-state index is -0.0761. The van der Waals surface area contributed by atoms with Crippen LogP contribution in [0.25, 0.3) is 0 Å². The molecular weight excluding hydrogens is 418 g/mol. The van der Waals surface area contributed by atoms with E-state index in [1.54, 1.807) is 14.1 Å². The van der Waals surface area contributed by atoms with Gasteiger partial charge in [0.25, 0.3) is 5.91 Å². The Balaban J connectivity index is 1.51. The van der Waals surface area contributed by atoms with Crippen LogP contribution in [0.2, 0.25) is 0 Å². The van der Waals surface area contributed by atoms with Gasteiger partial charge in [-0.15, -0.1) is 0 Å². The molecule has 0 saturated carbocycles. The normalized spacial score (nSPS) is 16.8. The van der Waals surface area contributed by atoms with Gasteiger partial charge in [-0.05, 0) is 52.2 Å². The van der Waals surface area contributed by atoms with Crippen LogP contribution >= 0.6 is 15.9 Å². The maximum Gasteiger partial charge on any atom is 0.251 e. The lowest BCUT2D eigenvalue weighted by atomic mass is 10.1. The Hall–Kier alpha value is -2.54. The van der Waals surface area contributed by atoms with E-state index in [-0.39, 0.29) is 5.91 Å². The van der Waals surface area contributed by atoms with Crippen molar-refractivity contribution in [3.63, 3.8) is 0 Å². The average Bonchev–Trinajstić information content (AvgIpc) is 3.19. The molecule has 7 heteroatoms. The summed E-state index contributed by atoms with van der Waals surface area (Å²) in [5.74, 6) is 0.710. The number of benzene rings is 2. The number of para-hydroxylation sites is 1. The summed E-state index contributed by atoms with van der Waals surface area (Å²) in [5, 5.41) is 9.49. The second-order valence-corrected chi connectivity index (χ2v) is 7.58. The molecule has 2 aromatic carbocycles.